The molecule has 0 aromatic heterocycles. The first-order chi connectivity index (χ1) is 12.9. The number of rotatable bonds is 4. The molecule has 0 radical (unpaired) electrons. The molecule has 2 atom stereocenters. The van der Waals surface area contributed by atoms with Gasteiger partial charge in [0.1, 0.15) is 11.6 Å². The molecule has 1 amide bonds. The van der Waals surface area contributed by atoms with Gasteiger partial charge in [0.15, 0.2) is 0 Å². The van der Waals surface area contributed by atoms with Crippen molar-refractivity contribution in [2.75, 3.05) is 6.54 Å². The molecule has 5 nitrogen and oxygen atoms in total. The molecule has 2 aromatic carbocycles. The first-order valence-corrected chi connectivity index (χ1v) is 10.1. The van der Waals surface area contributed by atoms with Crippen molar-refractivity contribution in [3.05, 3.63) is 70.8 Å². The molecule has 0 spiro atoms. The van der Waals surface area contributed by atoms with Crippen LogP contribution in [0.3, 0.4) is 0 Å². The second-order valence-corrected chi connectivity index (χ2v) is 8.58. The molecule has 2 aliphatic rings. The van der Waals surface area contributed by atoms with E-state index >= 15 is 0 Å². The van der Waals surface area contributed by atoms with E-state index in [1.165, 1.54) is 10.4 Å². The first-order valence-electron chi connectivity index (χ1n) is 8.69. The molecule has 4 rings (SSSR count). The number of nitrogens with zero attached hydrogens (tertiary/aromatic N) is 1. The fourth-order valence-corrected chi connectivity index (χ4v) is 4.79. The number of hydrogen-bond donors (Lipinski definition) is 1. The molecule has 1 fully saturated rings. The lowest BCUT2D eigenvalue weighted by Gasteiger charge is -2.27. The van der Waals surface area contributed by atoms with E-state index in [0.29, 0.717) is 6.42 Å². The smallest absolute Gasteiger partial charge is 0.274 e. The fraction of sp³-hybridized carbons (Fsp3) is 0.316. The molecule has 0 saturated heterocycles. The highest BCUT2D eigenvalue weighted by Gasteiger charge is 2.48. The Hall–Kier alpha value is -2.32. The van der Waals surface area contributed by atoms with Crippen LogP contribution >= 0.6 is 0 Å². The average Bonchev–Trinajstić information content (AvgIpc) is 3.41. The van der Waals surface area contributed by atoms with Crippen LogP contribution in [0, 0.1) is 17.6 Å². The predicted molar refractivity (Wildman–Crippen MR) is 94.8 cm³/mol. The summed E-state index contributed by atoms with van der Waals surface area (Å²) in [6.45, 7) is 0.463. The molecule has 0 bridgehead atoms. The Morgan fingerprint density at radius 2 is 1.70 bits per heavy atom. The van der Waals surface area contributed by atoms with Crippen LogP contribution in [0.2, 0.25) is 0 Å². The zero-order valence-corrected chi connectivity index (χ0v) is 15.2. The van der Waals surface area contributed by atoms with Gasteiger partial charge in [-0.25, -0.2) is 13.5 Å². The normalized spacial score (nSPS) is 22.1. The Morgan fingerprint density at radius 3 is 2.41 bits per heavy atom. The van der Waals surface area contributed by atoms with Gasteiger partial charge in [0.05, 0.1) is 0 Å². The summed E-state index contributed by atoms with van der Waals surface area (Å²) in [5.41, 5.74) is 1.84. The van der Waals surface area contributed by atoms with Crippen LogP contribution in [0.1, 0.15) is 29.0 Å². The third-order valence-corrected chi connectivity index (χ3v) is 6.61. The van der Waals surface area contributed by atoms with Crippen LogP contribution in [0.15, 0.2) is 42.5 Å². The zero-order valence-electron chi connectivity index (χ0n) is 14.4. The largest absolute Gasteiger partial charge is 0.304 e. The summed E-state index contributed by atoms with van der Waals surface area (Å²) in [5.74, 6) is -3.54. The van der Waals surface area contributed by atoms with Crippen molar-refractivity contribution >= 4 is 16.1 Å². The van der Waals surface area contributed by atoms with Crippen molar-refractivity contribution in [2.24, 2.45) is 5.92 Å². The monoisotopic (exact) mass is 392 g/mol. The van der Waals surface area contributed by atoms with Crippen LogP contribution < -0.4 is 4.72 Å². The van der Waals surface area contributed by atoms with E-state index in [-0.39, 0.29) is 25.1 Å². The predicted octanol–water partition coefficient (Wildman–Crippen LogP) is 2.49. The van der Waals surface area contributed by atoms with E-state index in [9.17, 15) is 22.0 Å². The summed E-state index contributed by atoms with van der Waals surface area (Å²) in [4.78, 5) is 12.4. The van der Waals surface area contributed by atoms with Crippen molar-refractivity contribution in [2.45, 2.75) is 25.3 Å². The summed E-state index contributed by atoms with van der Waals surface area (Å²) < 4.78 is 56.1. The maximum atomic E-state index is 13.8. The van der Waals surface area contributed by atoms with Gasteiger partial charge < -0.3 is 0 Å². The molecule has 2 aromatic rings. The molecule has 1 aliphatic heterocycles. The lowest BCUT2D eigenvalue weighted by atomic mass is 10.0. The summed E-state index contributed by atoms with van der Waals surface area (Å²) in [6, 6.07) is 11.1. The van der Waals surface area contributed by atoms with Gasteiger partial charge in [-0.2, -0.15) is 12.7 Å². The van der Waals surface area contributed by atoms with E-state index < -0.39 is 39.6 Å². The Morgan fingerprint density at radius 1 is 1.04 bits per heavy atom. The van der Waals surface area contributed by atoms with Gasteiger partial charge in [-0.1, -0.05) is 30.3 Å². The van der Waals surface area contributed by atoms with Crippen LogP contribution in [0.4, 0.5) is 8.78 Å². The van der Waals surface area contributed by atoms with Gasteiger partial charge in [-0.3, -0.25) is 4.79 Å². The van der Waals surface area contributed by atoms with E-state index in [0.717, 1.165) is 23.3 Å². The lowest BCUT2D eigenvalue weighted by molar-refractivity contribution is -0.120. The summed E-state index contributed by atoms with van der Waals surface area (Å²) in [7, 11) is -4.01. The Balaban J connectivity index is 1.44. The molecule has 1 N–H and O–H groups in total. The number of fused-ring (bicyclic) bond motifs is 1. The van der Waals surface area contributed by atoms with Crippen LogP contribution in [0.5, 0.6) is 0 Å². The van der Waals surface area contributed by atoms with Gasteiger partial charge in [0, 0.05) is 30.5 Å². The second kappa shape index (κ2) is 6.69. The van der Waals surface area contributed by atoms with E-state index in [2.05, 4.69) is 4.72 Å². The maximum Gasteiger partial charge on any atom is 0.304 e. The molecular formula is C19H18F2N2O3S. The molecule has 1 aliphatic carbocycles. The minimum absolute atomic E-state index is 0.151. The Kier molecular flexibility index (Phi) is 4.47. The maximum absolute atomic E-state index is 13.8. The van der Waals surface area contributed by atoms with Crippen LogP contribution in [0.25, 0.3) is 0 Å². The molecular weight excluding hydrogens is 374 g/mol. The molecule has 0 unspecified atom stereocenters. The number of halogens is 2. The summed E-state index contributed by atoms with van der Waals surface area (Å²) in [6.07, 6.45) is 0.791. The lowest BCUT2D eigenvalue weighted by Crippen LogP contribution is -2.46. The highest BCUT2D eigenvalue weighted by Crippen LogP contribution is 2.49. The van der Waals surface area contributed by atoms with E-state index in [1.54, 1.807) is 0 Å². The van der Waals surface area contributed by atoms with Gasteiger partial charge in [0.25, 0.3) is 0 Å². The standard InChI is InChI=1S/C19H18F2N2O3S/c20-16-6-3-7-17(21)18(16)14-10-15(14)19(24)22-27(25,26)23-9-8-12-4-1-2-5-13(12)11-23/h1-7,14-15H,8-11H2,(H,22,24)/t14-,15-/m0/s1. The van der Waals surface area contributed by atoms with Gasteiger partial charge in [-0.15, -0.1) is 0 Å². The van der Waals surface area contributed by atoms with Crippen LogP contribution in [-0.4, -0.2) is 25.2 Å². The highest BCUT2D eigenvalue weighted by atomic mass is 32.2. The quantitative estimate of drug-likeness (QED) is 0.869. The number of benzene rings is 2. The Bertz CT molecular complexity index is 990. The van der Waals surface area contributed by atoms with Crippen molar-refractivity contribution in [1.29, 1.82) is 0 Å². The van der Waals surface area contributed by atoms with Gasteiger partial charge >= 0.3 is 10.2 Å². The highest BCUT2D eigenvalue weighted by molar-refractivity contribution is 7.87. The minimum Gasteiger partial charge on any atom is -0.274 e. The number of carbonyl (C=O) groups excluding carboxylic acids is 1. The number of amides is 1. The molecule has 8 heteroatoms. The van der Waals surface area contributed by atoms with Crippen molar-refractivity contribution < 1.29 is 22.0 Å². The first kappa shape index (κ1) is 18.1. The molecule has 142 valence electrons. The molecule has 27 heavy (non-hydrogen) atoms. The fourth-order valence-electron chi connectivity index (χ4n) is 3.61. The zero-order chi connectivity index (χ0) is 19.2. The third kappa shape index (κ3) is 3.46. The number of nitrogens with one attached hydrogen (secondary N) is 1. The SMILES string of the molecule is O=C(NS(=O)(=O)N1CCc2ccccc2C1)[C@H]1C[C@@H]1c1c(F)cccc1F. The second-order valence-electron chi connectivity index (χ2n) is 6.91. The van der Waals surface area contributed by atoms with Crippen molar-refractivity contribution in [3.8, 4) is 0 Å². The summed E-state index contributed by atoms with van der Waals surface area (Å²) in [5, 5.41) is 0. The van der Waals surface area contributed by atoms with Crippen LogP contribution in [-0.2, 0) is 28.0 Å². The van der Waals surface area contributed by atoms with Gasteiger partial charge in [-0.05, 0) is 36.1 Å². The van der Waals surface area contributed by atoms with E-state index in [4.69, 9.17) is 0 Å². The number of carbonyl (C=O) groups is 1. The minimum atomic E-state index is -4.01. The Labute approximate surface area is 156 Å². The van der Waals surface area contributed by atoms with Crippen molar-refractivity contribution in [3.63, 3.8) is 0 Å². The number of hydrogen-bond acceptors (Lipinski definition) is 3. The molecule has 1 heterocycles. The van der Waals surface area contributed by atoms with Crippen molar-refractivity contribution in [1.82, 2.24) is 9.03 Å². The average molecular weight is 392 g/mol. The summed E-state index contributed by atoms with van der Waals surface area (Å²) >= 11 is 0. The molecule has 1 saturated carbocycles. The van der Waals surface area contributed by atoms with Gasteiger partial charge in [0.2, 0.25) is 5.91 Å². The topological polar surface area (TPSA) is 66.5 Å². The third-order valence-electron chi connectivity index (χ3n) is 5.16. The van der Waals surface area contributed by atoms with E-state index in [1.807, 2.05) is 24.3 Å².